The third-order valence-corrected chi connectivity index (χ3v) is 5.79. The lowest BCUT2D eigenvalue weighted by atomic mass is 9.93. The zero-order chi connectivity index (χ0) is 28.7. The summed E-state index contributed by atoms with van der Waals surface area (Å²) in [6.07, 6.45) is -2.87. The molecule has 2 N–H and O–H groups in total. The van der Waals surface area contributed by atoms with Crippen molar-refractivity contribution in [1.82, 2.24) is 0 Å². The predicted octanol–water partition coefficient (Wildman–Crippen LogP) is 4.50. The first-order valence-electron chi connectivity index (χ1n) is 12.4. The van der Waals surface area contributed by atoms with Crippen LogP contribution in [0.4, 0.5) is 4.79 Å². The summed E-state index contributed by atoms with van der Waals surface area (Å²) in [4.78, 5) is 49.4. The Kier molecular flexibility index (Phi) is 11.6. The Hall–Kier alpha value is -3.14. The van der Waals surface area contributed by atoms with Gasteiger partial charge in [-0.15, -0.1) is 0 Å². The highest BCUT2D eigenvalue weighted by Crippen LogP contribution is 2.34. The fraction of sp³-hybridized carbons (Fsp3) is 0.630. The van der Waals surface area contributed by atoms with E-state index >= 15 is 0 Å². The van der Waals surface area contributed by atoms with Crippen molar-refractivity contribution in [2.24, 2.45) is 23.5 Å². The molecule has 10 heteroatoms. The fourth-order valence-corrected chi connectivity index (χ4v) is 2.52. The molecule has 1 aromatic carbocycles. The summed E-state index contributed by atoms with van der Waals surface area (Å²) < 4.78 is 26.7. The van der Waals surface area contributed by atoms with Gasteiger partial charge in [-0.05, 0) is 51.3 Å². The van der Waals surface area contributed by atoms with Gasteiger partial charge in [0.15, 0.2) is 11.5 Å². The van der Waals surface area contributed by atoms with Crippen LogP contribution in [-0.2, 0) is 34.1 Å². The zero-order valence-electron chi connectivity index (χ0n) is 23.4. The summed E-state index contributed by atoms with van der Waals surface area (Å²) in [5, 5.41) is 0. The van der Waals surface area contributed by atoms with E-state index in [1.165, 1.54) is 25.1 Å². The molecule has 37 heavy (non-hydrogen) atoms. The normalized spacial score (nSPS) is 15.4. The number of hydrogen-bond acceptors (Lipinski definition) is 10. The Morgan fingerprint density at radius 1 is 0.703 bits per heavy atom. The van der Waals surface area contributed by atoms with Crippen LogP contribution in [0.15, 0.2) is 18.2 Å². The van der Waals surface area contributed by atoms with Gasteiger partial charge in [-0.3, -0.25) is 9.59 Å². The Labute approximate surface area is 219 Å². The van der Waals surface area contributed by atoms with E-state index < -0.39 is 53.6 Å². The molecule has 1 rings (SSSR count). The van der Waals surface area contributed by atoms with Crippen molar-refractivity contribution >= 4 is 24.1 Å². The summed E-state index contributed by atoms with van der Waals surface area (Å²) in [7, 11) is 0. The average Bonchev–Trinajstić information content (AvgIpc) is 2.79. The summed E-state index contributed by atoms with van der Waals surface area (Å²) >= 11 is 0. The van der Waals surface area contributed by atoms with Gasteiger partial charge in [0.05, 0.1) is 11.8 Å². The molecule has 0 bridgehead atoms. The number of ether oxygens (including phenoxy) is 5. The molecule has 0 radical (unpaired) electrons. The van der Waals surface area contributed by atoms with Crippen LogP contribution in [0.3, 0.4) is 0 Å². The molecule has 0 aliphatic rings. The minimum absolute atomic E-state index is 0.0187. The molecule has 1 unspecified atom stereocenters. The number of carbonyl (C=O) groups excluding carboxylic acids is 4. The van der Waals surface area contributed by atoms with Gasteiger partial charge in [-0.1, -0.05) is 47.6 Å². The number of hydrogen-bond donors (Lipinski definition) is 1. The van der Waals surface area contributed by atoms with E-state index in [9.17, 15) is 19.2 Å². The second-order valence-corrected chi connectivity index (χ2v) is 10.3. The second kappa shape index (κ2) is 13.4. The van der Waals surface area contributed by atoms with Gasteiger partial charge < -0.3 is 29.4 Å². The van der Waals surface area contributed by atoms with Gasteiger partial charge in [0, 0.05) is 0 Å². The first-order valence-corrected chi connectivity index (χ1v) is 12.4. The lowest BCUT2D eigenvalue weighted by Crippen LogP contribution is -2.46. The van der Waals surface area contributed by atoms with Gasteiger partial charge in [0.2, 0.25) is 0 Å². The molecule has 0 aliphatic heterocycles. The molecule has 0 fully saturated rings. The van der Waals surface area contributed by atoms with E-state index in [4.69, 9.17) is 29.4 Å². The van der Waals surface area contributed by atoms with Crippen LogP contribution in [0, 0.1) is 17.8 Å². The molecule has 0 aliphatic carbocycles. The van der Waals surface area contributed by atoms with Gasteiger partial charge in [-0.2, -0.15) is 0 Å². The molecule has 208 valence electrons. The number of rotatable bonds is 11. The van der Waals surface area contributed by atoms with Crippen LogP contribution in [-0.4, -0.2) is 42.4 Å². The maximum atomic E-state index is 13.0. The highest BCUT2D eigenvalue weighted by molar-refractivity contribution is 5.83. The van der Waals surface area contributed by atoms with Crippen LogP contribution >= 0.6 is 0 Å². The first kappa shape index (κ1) is 31.9. The maximum absolute atomic E-state index is 13.0. The molecule has 1 aromatic rings. The molecular formula is C27H41NO9. The summed E-state index contributed by atoms with van der Waals surface area (Å²) in [6.45, 7) is 16.8. The minimum Gasteiger partial charge on any atom is -0.457 e. The number of esters is 3. The van der Waals surface area contributed by atoms with E-state index in [2.05, 4.69) is 0 Å². The number of nitrogens with two attached hydrogens (primary N) is 1. The fourth-order valence-electron chi connectivity index (χ4n) is 2.52. The Morgan fingerprint density at radius 2 is 1.16 bits per heavy atom. The van der Waals surface area contributed by atoms with Crippen molar-refractivity contribution in [3.8, 4) is 11.5 Å². The van der Waals surface area contributed by atoms with Crippen LogP contribution in [0.2, 0.25) is 0 Å². The van der Waals surface area contributed by atoms with Gasteiger partial charge in [-0.25, -0.2) is 9.59 Å². The van der Waals surface area contributed by atoms with Crippen molar-refractivity contribution < 1.29 is 42.9 Å². The van der Waals surface area contributed by atoms with Crippen LogP contribution < -0.4 is 15.2 Å². The molecule has 0 saturated heterocycles. The number of carbonyl (C=O) groups is 4. The monoisotopic (exact) mass is 523 g/mol. The van der Waals surface area contributed by atoms with E-state index in [0.29, 0.717) is 0 Å². The Morgan fingerprint density at radius 3 is 1.65 bits per heavy atom. The van der Waals surface area contributed by atoms with E-state index in [1.807, 2.05) is 13.8 Å². The summed E-state index contributed by atoms with van der Waals surface area (Å²) in [5.74, 6) is -2.68. The van der Waals surface area contributed by atoms with E-state index in [0.717, 1.165) is 0 Å². The van der Waals surface area contributed by atoms with E-state index in [1.54, 1.807) is 48.5 Å². The quantitative estimate of drug-likeness (QED) is 0.325. The lowest BCUT2D eigenvalue weighted by molar-refractivity contribution is -0.160. The van der Waals surface area contributed by atoms with Crippen LogP contribution in [0.25, 0.3) is 0 Å². The summed E-state index contributed by atoms with van der Waals surface area (Å²) in [6, 6.07) is 4.24. The van der Waals surface area contributed by atoms with Crippen molar-refractivity contribution in [2.75, 3.05) is 0 Å². The van der Waals surface area contributed by atoms with Gasteiger partial charge in [0.25, 0.3) is 0 Å². The third kappa shape index (κ3) is 9.35. The molecule has 0 spiro atoms. The van der Waals surface area contributed by atoms with Crippen LogP contribution in [0.1, 0.15) is 74.8 Å². The highest BCUT2D eigenvalue weighted by atomic mass is 16.7. The molecule has 0 saturated carbocycles. The van der Waals surface area contributed by atoms with Crippen molar-refractivity contribution in [2.45, 2.75) is 93.1 Å². The zero-order valence-corrected chi connectivity index (χ0v) is 23.4. The third-order valence-electron chi connectivity index (χ3n) is 5.79. The molecule has 0 aromatic heterocycles. The molecule has 0 heterocycles. The Bertz CT molecular complexity index is 969. The minimum atomic E-state index is -1.68. The van der Waals surface area contributed by atoms with E-state index in [-0.39, 0.29) is 29.1 Å². The Balaban J connectivity index is 3.08. The standard InChI is InChI=1S/C27H41NO9/c1-14(2)17(7)34-26(32)35-19(9)18(8)33-25(31)27(10,28)20-11-12-21(36-23(29)15(3)4)22(13-20)37-24(30)16(5)6/h11-19H,28H2,1-10H3/t17?,18-,19-,27-/m0/s1. The average molecular weight is 524 g/mol. The second-order valence-electron chi connectivity index (χ2n) is 10.3. The topological polar surface area (TPSA) is 140 Å². The van der Waals surface area contributed by atoms with Gasteiger partial charge in [0.1, 0.15) is 23.9 Å². The maximum Gasteiger partial charge on any atom is 0.508 e. The largest absolute Gasteiger partial charge is 0.508 e. The van der Waals surface area contributed by atoms with Crippen molar-refractivity contribution in [1.29, 1.82) is 0 Å². The molecule has 0 amide bonds. The van der Waals surface area contributed by atoms with Crippen molar-refractivity contribution in [3.63, 3.8) is 0 Å². The smallest absolute Gasteiger partial charge is 0.457 e. The first-order chi connectivity index (χ1) is 17.0. The highest BCUT2D eigenvalue weighted by Gasteiger charge is 2.36. The SMILES string of the molecule is CC(C)C(=O)Oc1ccc([C@](C)(N)C(=O)O[C@@H](C)[C@H](C)OC(=O)OC(C)C(C)C)cc1OC(=O)C(C)C. The summed E-state index contributed by atoms with van der Waals surface area (Å²) in [5.41, 5.74) is 4.90. The predicted molar refractivity (Wildman–Crippen MR) is 136 cm³/mol. The molecular weight excluding hydrogens is 482 g/mol. The van der Waals surface area contributed by atoms with Crippen LogP contribution in [0.5, 0.6) is 11.5 Å². The number of benzene rings is 1. The lowest BCUT2D eigenvalue weighted by Gasteiger charge is -2.28. The molecule has 10 nitrogen and oxygen atoms in total. The van der Waals surface area contributed by atoms with Gasteiger partial charge >= 0.3 is 24.1 Å². The molecule has 4 atom stereocenters. The van der Waals surface area contributed by atoms with Crippen molar-refractivity contribution in [3.05, 3.63) is 23.8 Å².